The van der Waals surface area contributed by atoms with E-state index in [1.165, 1.54) is 41.0 Å². The third kappa shape index (κ3) is 2.26. The van der Waals surface area contributed by atoms with Gasteiger partial charge < -0.3 is 10.6 Å². The Labute approximate surface area is 150 Å². The number of thiophene rings is 1. The van der Waals surface area contributed by atoms with Gasteiger partial charge in [-0.2, -0.15) is 0 Å². The Bertz CT molecular complexity index is 1010. The van der Waals surface area contributed by atoms with Gasteiger partial charge in [0.25, 0.3) is 5.91 Å². The largest absolute Gasteiger partial charge is 0.397 e. The monoisotopic (exact) mass is 349 g/mol. The molecule has 5 heteroatoms. The number of rotatable bonds is 1. The molecule has 2 aromatic heterocycles. The first-order valence-electron chi connectivity index (χ1n) is 8.83. The van der Waals surface area contributed by atoms with Crippen LogP contribution in [-0.2, 0) is 19.3 Å². The molecular weight excluding hydrogens is 330 g/mol. The van der Waals surface area contributed by atoms with Crippen LogP contribution in [-0.4, -0.2) is 17.4 Å². The molecule has 1 aromatic carbocycles. The highest BCUT2D eigenvalue weighted by Gasteiger charge is 2.29. The van der Waals surface area contributed by atoms with Gasteiger partial charge in [-0.25, -0.2) is 4.98 Å². The van der Waals surface area contributed by atoms with E-state index in [1.54, 1.807) is 0 Å². The molecule has 25 heavy (non-hydrogen) atoms. The van der Waals surface area contributed by atoms with Crippen molar-refractivity contribution in [3.63, 3.8) is 0 Å². The number of nitrogens with zero attached hydrogens (tertiary/aromatic N) is 2. The van der Waals surface area contributed by atoms with Gasteiger partial charge in [-0.3, -0.25) is 4.79 Å². The molecule has 1 amide bonds. The number of hydrogen-bond donors (Lipinski definition) is 1. The number of fused-ring (bicyclic) bond motifs is 3. The van der Waals surface area contributed by atoms with Crippen LogP contribution >= 0.6 is 11.3 Å². The van der Waals surface area contributed by atoms with Gasteiger partial charge in [0.2, 0.25) is 0 Å². The SMILES string of the molecule is Nc1c(C(=O)N2CCc3ccccc32)sc2nc3c(cc12)CCCC3. The summed E-state index contributed by atoms with van der Waals surface area (Å²) in [6, 6.07) is 10.3. The number of aryl methyl sites for hydroxylation is 2. The number of hydrogen-bond acceptors (Lipinski definition) is 4. The zero-order chi connectivity index (χ0) is 17.0. The molecule has 0 radical (unpaired) electrons. The maximum atomic E-state index is 13.1. The molecule has 2 N–H and O–H groups in total. The van der Waals surface area contributed by atoms with Gasteiger partial charge in [-0.15, -0.1) is 11.3 Å². The zero-order valence-electron chi connectivity index (χ0n) is 13.9. The number of nitrogens with two attached hydrogens (primary N) is 1. The predicted molar refractivity (Wildman–Crippen MR) is 102 cm³/mol. The second kappa shape index (κ2) is 5.56. The molecule has 0 fully saturated rings. The standard InChI is InChI=1S/C20H19N3OS/c21-17-14-11-13-6-1-3-7-15(13)22-19(14)25-18(17)20(24)23-10-9-12-5-2-4-8-16(12)23/h2,4-5,8,11H,1,3,6-7,9-10,21H2. The Morgan fingerprint density at radius 3 is 2.88 bits per heavy atom. The van der Waals surface area contributed by atoms with Crippen molar-refractivity contribution in [1.82, 2.24) is 4.98 Å². The van der Waals surface area contributed by atoms with Crippen molar-refractivity contribution in [2.45, 2.75) is 32.1 Å². The van der Waals surface area contributed by atoms with Gasteiger partial charge in [-0.05, 0) is 55.4 Å². The first-order chi connectivity index (χ1) is 12.2. The lowest BCUT2D eigenvalue weighted by atomic mass is 9.95. The number of aromatic nitrogens is 1. The van der Waals surface area contributed by atoms with E-state index in [0.29, 0.717) is 10.6 Å². The summed E-state index contributed by atoms with van der Waals surface area (Å²) in [5.74, 6) is 0.00317. The molecule has 0 spiro atoms. The molecule has 5 rings (SSSR count). The lowest BCUT2D eigenvalue weighted by Gasteiger charge is -2.16. The normalized spacial score (nSPS) is 16.1. The van der Waals surface area contributed by atoms with Crippen LogP contribution in [0.25, 0.3) is 10.2 Å². The van der Waals surface area contributed by atoms with E-state index in [2.05, 4.69) is 12.1 Å². The van der Waals surface area contributed by atoms with E-state index in [9.17, 15) is 4.79 Å². The minimum absolute atomic E-state index is 0.00317. The molecule has 0 unspecified atom stereocenters. The fourth-order valence-corrected chi connectivity index (χ4v) is 5.04. The van der Waals surface area contributed by atoms with Crippen molar-refractivity contribution in [1.29, 1.82) is 0 Å². The van der Waals surface area contributed by atoms with E-state index in [0.717, 1.165) is 41.7 Å². The summed E-state index contributed by atoms with van der Waals surface area (Å²) >= 11 is 1.44. The van der Waals surface area contributed by atoms with Gasteiger partial charge in [0.1, 0.15) is 9.71 Å². The van der Waals surface area contributed by atoms with Gasteiger partial charge >= 0.3 is 0 Å². The van der Waals surface area contributed by atoms with Crippen molar-refractivity contribution < 1.29 is 4.79 Å². The summed E-state index contributed by atoms with van der Waals surface area (Å²) < 4.78 is 0. The minimum Gasteiger partial charge on any atom is -0.397 e. The quantitative estimate of drug-likeness (QED) is 0.723. The van der Waals surface area contributed by atoms with Crippen LogP contribution < -0.4 is 10.6 Å². The fourth-order valence-electron chi connectivity index (χ4n) is 3.99. The van der Waals surface area contributed by atoms with Crippen LogP contribution in [0.2, 0.25) is 0 Å². The first kappa shape index (κ1) is 14.9. The van der Waals surface area contributed by atoms with Crippen LogP contribution in [0.1, 0.15) is 39.3 Å². The molecule has 1 aliphatic carbocycles. The van der Waals surface area contributed by atoms with E-state index in [-0.39, 0.29) is 5.91 Å². The van der Waals surface area contributed by atoms with Gasteiger partial charge in [0.05, 0.1) is 5.69 Å². The molecule has 0 saturated heterocycles. The van der Waals surface area contributed by atoms with Gasteiger partial charge in [-0.1, -0.05) is 18.2 Å². The first-order valence-corrected chi connectivity index (χ1v) is 9.64. The van der Waals surface area contributed by atoms with E-state index < -0.39 is 0 Å². The molecule has 0 bridgehead atoms. The Morgan fingerprint density at radius 2 is 1.96 bits per heavy atom. The van der Waals surface area contributed by atoms with Crippen LogP contribution in [0, 0.1) is 0 Å². The number of para-hydroxylation sites is 1. The Kier molecular flexibility index (Phi) is 3.31. The highest BCUT2D eigenvalue weighted by atomic mass is 32.1. The average molecular weight is 349 g/mol. The average Bonchev–Trinajstić information content (AvgIpc) is 3.21. The van der Waals surface area contributed by atoms with Crippen molar-refractivity contribution >= 4 is 38.8 Å². The summed E-state index contributed by atoms with van der Waals surface area (Å²) in [5, 5.41) is 0.946. The van der Waals surface area contributed by atoms with Gasteiger partial charge in [0, 0.05) is 23.3 Å². The molecule has 126 valence electrons. The summed E-state index contributed by atoms with van der Waals surface area (Å²) in [4.78, 5) is 21.3. The van der Waals surface area contributed by atoms with Crippen LogP contribution in [0.3, 0.4) is 0 Å². The lowest BCUT2D eigenvalue weighted by Crippen LogP contribution is -2.28. The molecule has 1 aliphatic heterocycles. The number of amides is 1. The van der Waals surface area contributed by atoms with Crippen molar-refractivity contribution in [2.75, 3.05) is 17.2 Å². The number of benzene rings is 1. The fraction of sp³-hybridized carbons (Fsp3) is 0.300. The number of carbonyl (C=O) groups is 1. The number of pyridine rings is 1. The van der Waals surface area contributed by atoms with Crippen molar-refractivity contribution in [3.8, 4) is 0 Å². The van der Waals surface area contributed by atoms with Crippen molar-refractivity contribution in [3.05, 3.63) is 52.0 Å². The Balaban J connectivity index is 1.59. The van der Waals surface area contributed by atoms with Crippen LogP contribution in [0.4, 0.5) is 11.4 Å². The molecule has 0 saturated carbocycles. The number of carbonyl (C=O) groups excluding carboxylic acids is 1. The third-order valence-corrected chi connectivity index (χ3v) is 6.43. The van der Waals surface area contributed by atoms with Crippen LogP contribution in [0.15, 0.2) is 30.3 Å². The van der Waals surface area contributed by atoms with Crippen LogP contribution in [0.5, 0.6) is 0 Å². The second-order valence-corrected chi connectivity index (χ2v) is 7.83. The summed E-state index contributed by atoms with van der Waals surface area (Å²) in [6.45, 7) is 0.718. The molecule has 3 heterocycles. The summed E-state index contributed by atoms with van der Waals surface area (Å²) in [6.07, 6.45) is 5.41. The third-order valence-electron chi connectivity index (χ3n) is 5.33. The van der Waals surface area contributed by atoms with Gasteiger partial charge in [0.15, 0.2) is 0 Å². The number of anilines is 2. The lowest BCUT2D eigenvalue weighted by molar-refractivity contribution is 0.0994. The van der Waals surface area contributed by atoms with E-state index in [1.807, 2.05) is 23.1 Å². The summed E-state index contributed by atoms with van der Waals surface area (Å²) in [7, 11) is 0. The summed E-state index contributed by atoms with van der Waals surface area (Å²) in [5.41, 5.74) is 11.7. The highest BCUT2D eigenvalue weighted by Crippen LogP contribution is 2.38. The molecule has 0 atom stereocenters. The maximum Gasteiger partial charge on any atom is 0.270 e. The van der Waals surface area contributed by atoms with E-state index >= 15 is 0 Å². The molecular formula is C20H19N3OS. The maximum absolute atomic E-state index is 13.1. The Morgan fingerprint density at radius 1 is 1.12 bits per heavy atom. The topological polar surface area (TPSA) is 59.2 Å². The second-order valence-electron chi connectivity index (χ2n) is 6.83. The number of nitrogen functional groups attached to an aromatic ring is 1. The van der Waals surface area contributed by atoms with E-state index in [4.69, 9.17) is 10.7 Å². The zero-order valence-corrected chi connectivity index (χ0v) is 14.7. The molecule has 2 aliphatic rings. The Hall–Kier alpha value is -2.40. The minimum atomic E-state index is 0.00317. The molecule has 4 nitrogen and oxygen atoms in total. The highest BCUT2D eigenvalue weighted by molar-refractivity contribution is 7.21. The molecule has 3 aromatic rings. The smallest absolute Gasteiger partial charge is 0.270 e. The van der Waals surface area contributed by atoms with Crippen molar-refractivity contribution in [2.24, 2.45) is 0 Å². The predicted octanol–water partition coefficient (Wildman–Crippen LogP) is 3.96.